The quantitative estimate of drug-likeness (QED) is 0.522. The van der Waals surface area contributed by atoms with E-state index in [1.165, 1.54) is 6.08 Å². The van der Waals surface area contributed by atoms with Crippen molar-refractivity contribution >= 4 is 37.8 Å². The lowest BCUT2D eigenvalue weighted by Crippen LogP contribution is -2.40. The van der Waals surface area contributed by atoms with Crippen LogP contribution in [-0.2, 0) is 9.53 Å². The lowest BCUT2D eigenvalue weighted by Gasteiger charge is -2.35. The minimum atomic E-state index is -4.42. The van der Waals surface area contributed by atoms with Crippen LogP contribution in [0, 0.1) is 11.3 Å². The van der Waals surface area contributed by atoms with Gasteiger partial charge in [0.25, 0.3) is 0 Å². The van der Waals surface area contributed by atoms with Gasteiger partial charge in [-0.3, -0.25) is 4.79 Å². The molecular formula is C12H13Br2F3O2. The van der Waals surface area contributed by atoms with Gasteiger partial charge < -0.3 is 4.74 Å². The van der Waals surface area contributed by atoms with Gasteiger partial charge in [0.05, 0.1) is 18.1 Å². The predicted octanol–water partition coefficient (Wildman–Crippen LogP) is 4.00. The van der Waals surface area contributed by atoms with Crippen molar-refractivity contribution in [2.75, 3.05) is 17.3 Å². The summed E-state index contributed by atoms with van der Waals surface area (Å²) in [5.41, 5.74) is -1.72. The number of allylic oxidation sites excluding steroid dienone is 3. The number of rotatable bonds is 4. The lowest BCUT2D eigenvalue weighted by atomic mass is 9.74. The molecule has 1 aliphatic rings. The van der Waals surface area contributed by atoms with Crippen LogP contribution in [0.25, 0.3) is 0 Å². The first kappa shape index (κ1) is 16.8. The van der Waals surface area contributed by atoms with Crippen molar-refractivity contribution in [2.45, 2.75) is 13.1 Å². The Morgan fingerprint density at radius 1 is 1.42 bits per heavy atom. The predicted molar refractivity (Wildman–Crippen MR) is 73.4 cm³/mol. The summed E-state index contributed by atoms with van der Waals surface area (Å²) in [5.74, 6) is -1.26. The number of hydrogen-bond acceptors (Lipinski definition) is 2. The van der Waals surface area contributed by atoms with Gasteiger partial charge in [-0.05, 0) is 6.92 Å². The molecule has 0 amide bonds. The molecule has 19 heavy (non-hydrogen) atoms. The number of carbonyl (C=O) groups excluding carboxylic acids is 1. The van der Waals surface area contributed by atoms with Crippen LogP contribution in [-0.4, -0.2) is 29.4 Å². The van der Waals surface area contributed by atoms with E-state index >= 15 is 0 Å². The van der Waals surface area contributed by atoms with Crippen molar-refractivity contribution in [3.8, 4) is 0 Å². The van der Waals surface area contributed by atoms with Crippen molar-refractivity contribution < 1.29 is 22.7 Å². The monoisotopic (exact) mass is 404 g/mol. The van der Waals surface area contributed by atoms with E-state index in [2.05, 4.69) is 31.9 Å². The SMILES string of the molecule is CCOC(=O)C1C=CC(C(F)(F)F)=CC1(CBr)CBr. The fraction of sp³-hybridized carbons (Fsp3) is 0.583. The van der Waals surface area contributed by atoms with Crippen molar-refractivity contribution in [3.63, 3.8) is 0 Å². The molecule has 1 rings (SSSR count). The van der Waals surface area contributed by atoms with Gasteiger partial charge in [0, 0.05) is 16.1 Å². The van der Waals surface area contributed by atoms with Crippen LogP contribution in [0.3, 0.4) is 0 Å². The number of ether oxygens (including phenoxy) is 1. The highest BCUT2D eigenvalue weighted by Gasteiger charge is 2.45. The van der Waals surface area contributed by atoms with E-state index in [1.807, 2.05) is 0 Å². The van der Waals surface area contributed by atoms with Gasteiger partial charge >= 0.3 is 12.1 Å². The Morgan fingerprint density at radius 3 is 2.42 bits per heavy atom. The Bertz CT molecular complexity index is 398. The third kappa shape index (κ3) is 3.62. The van der Waals surface area contributed by atoms with E-state index in [-0.39, 0.29) is 17.3 Å². The Balaban J connectivity index is 3.16. The molecule has 0 radical (unpaired) electrons. The molecule has 0 N–H and O–H groups in total. The fourth-order valence-electron chi connectivity index (χ4n) is 1.84. The van der Waals surface area contributed by atoms with Gasteiger partial charge in [0.15, 0.2) is 0 Å². The van der Waals surface area contributed by atoms with Crippen LogP contribution in [0.2, 0.25) is 0 Å². The summed E-state index contributed by atoms with van der Waals surface area (Å²) in [6.07, 6.45) is -1.13. The van der Waals surface area contributed by atoms with Crippen molar-refractivity contribution in [2.24, 2.45) is 11.3 Å². The van der Waals surface area contributed by atoms with E-state index in [0.29, 0.717) is 0 Å². The van der Waals surface area contributed by atoms with Gasteiger partial charge in [-0.25, -0.2) is 0 Å². The van der Waals surface area contributed by atoms with Crippen molar-refractivity contribution in [1.29, 1.82) is 0 Å². The molecule has 7 heteroatoms. The molecule has 1 unspecified atom stereocenters. The second-order valence-corrected chi connectivity index (χ2v) is 5.31. The Morgan fingerprint density at radius 2 is 2.00 bits per heavy atom. The van der Waals surface area contributed by atoms with E-state index in [9.17, 15) is 18.0 Å². The first-order valence-electron chi connectivity index (χ1n) is 5.57. The highest BCUT2D eigenvalue weighted by atomic mass is 79.9. The van der Waals surface area contributed by atoms with Crippen LogP contribution in [0.15, 0.2) is 23.8 Å². The molecule has 0 aromatic heterocycles. The third-order valence-electron chi connectivity index (χ3n) is 2.90. The number of carbonyl (C=O) groups is 1. The van der Waals surface area contributed by atoms with Gasteiger partial charge in [0.2, 0.25) is 0 Å². The summed E-state index contributed by atoms with van der Waals surface area (Å²) < 4.78 is 43.2. The molecule has 0 bridgehead atoms. The fourth-order valence-corrected chi connectivity index (χ4v) is 3.79. The highest BCUT2D eigenvalue weighted by molar-refractivity contribution is 9.09. The maximum absolute atomic E-state index is 12.8. The zero-order chi connectivity index (χ0) is 14.7. The van der Waals surface area contributed by atoms with Gasteiger partial charge in [-0.2, -0.15) is 13.2 Å². The highest BCUT2D eigenvalue weighted by Crippen LogP contribution is 2.43. The average molecular weight is 406 g/mol. The summed E-state index contributed by atoms with van der Waals surface area (Å²) in [6.45, 7) is 1.85. The molecule has 0 aromatic rings. The van der Waals surface area contributed by atoms with Crippen LogP contribution in [0.1, 0.15) is 6.92 Å². The summed E-state index contributed by atoms with van der Waals surface area (Å²) in [4.78, 5) is 11.9. The molecular weight excluding hydrogens is 393 g/mol. The number of esters is 1. The maximum Gasteiger partial charge on any atom is 0.416 e. The van der Waals surface area contributed by atoms with Gasteiger partial charge in [-0.15, -0.1) is 0 Å². The lowest BCUT2D eigenvalue weighted by molar-refractivity contribution is -0.149. The normalized spacial score (nSPS) is 22.0. The van der Waals surface area contributed by atoms with Gasteiger partial charge in [0.1, 0.15) is 0 Å². The molecule has 0 saturated carbocycles. The zero-order valence-electron chi connectivity index (χ0n) is 10.1. The first-order chi connectivity index (χ1) is 8.80. The maximum atomic E-state index is 12.8. The van der Waals surface area contributed by atoms with Crippen molar-refractivity contribution in [1.82, 2.24) is 0 Å². The van der Waals surface area contributed by atoms with E-state index in [0.717, 1.165) is 12.2 Å². The molecule has 108 valence electrons. The van der Waals surface area contributed by atoms with Crippen LogP contribution in [0.4, 0.5) is 13.2 Å². The number of alkyl halides is 5. The van der Waals surface area contributed by atoms with Crippen LogP contribution < -0.4 is 0 Å². The number of hydrogen-bond donors (Lipinski definition) is 0. The molecule has 2 nitrogen and oxygen atoms in total. The molecule has 0 aliphatic heterocycles. The minimum Gasteiger partial charge on any atom is -0.466 e. The summed E-state index contributed by atoms with van der Waals surface area (Å²) >= 11 is 6.40. The summed E-state index contributed by atoms with van der Waals surface area (Å²) in [7, 11) is 0. The standard InChI is InChI=1S/C12H13Br2F3O2/c1-2-19-10(18)9-4-3-8(12(15,16)17)5-11(9,6-13)7-14/h3-5,9H,2,6-7H2,1H3. The molecule has 1 aliphatic carbocycles. The van der Waals surface area contributed by atoms with Gasteiger partial charge in [-0.1, -0.05) is 50.1 Å². The molecule has 1 atom stereocenters. The van der Waals surface area contributed by atoms with Crippen LogP contribution >= 0.6 is 31.9 Å². The Hall–Kier alpha value is -0.300. The first-order valence-corrected chi connectivity index (χ1v) is 7.82. The van der Waals surface area contributed by atoms with E-state index in [1.54, 1.807) is 6.92 Å². The van der Waals surface area contributed by atoms with Crippen LogP contribution in [0.5, 0.6) is 0 Å². The third-order valence-corrected chi connectivity index (χ3v) is 4.98. The Kier molecular flexibility index (Phi) is 5.67. The Labute approximate surface area is 126 Å². The molecule has 0 saturated heterocycles. The largest absolute Gasteiger partial charge is 0.466 e. The molecule has 0 aromatic carbocycles. The average Bonchev–Trinajstić information content (AvgIpc) is 2.37. The molecule has 0 spiro atoms. The zero-order valence-corrected chi connectivity index (χ0v) is 13.3. The van der Waals surface area contributed by atoms with Crippen molar-refractivity contribution in [3.05, 3.63) is 23.8 Å². The van der Waals surface area contributed by atoms with E-state index < -0.39 is 29.1 Å². The number of halogens is 5. The minimum absolute atomic E-state index is 0.194. The van der Waals surface area contributed by atoms with E-state index in [4.69, 9.17) is 4.74 Å². The second-order valence-electron chi connectivity index (χ2n) is 4.19. The summed E-state index contributed by atoms with van der Waals surface area (Å²) in [6, 6.07) is 0. The molecule has 0 heterocycles. The molecule has 0 fully saturated rings. The topological polar surface area (TPSA) is 26.3 Å². The summed E-state index contributed by atoms with van der Waals surface area (Å²) in [5, 5.41) is 0.442. The second kappa shape index (κ2) is 6.43. The smallest absolute Gasteiger partial charge is 0.416 e.